The van der Waals surface area contributed by atoms with E-state index in [1.54, 1.807) is 0 Å². The van der Waals surface area contributed by atoms with Crippen LogP contribution in [0.25, 0.3) is 0 Å². The van der Waals surface area contributed by atoms with Crippen LogP contribution in [-0.4, -0.2) is 35.6 Å². The van der Waals surface area contributed by atoms with Crippen molar-refractivity contribution in [1.29, 1.82) is 0 Å². The summed E-state index contributed by atoms with van der Waals surface area (Å²) in [7, 11) is 0. The summed E-state index contributed by atoms with van der Waals surface area (Å²) >= 11 is 0. The van der Waals surface area contributed by atoms with E-state index in [4.69, 9.17) is 4.74 Å². The molecular weight excluding hydrogens is 262 g/mol. The van der Waals surface area contributed by atoms with Crippen LogP contribution in [0.15, 0.2) is 12.2 Å². The van der Waals surface area contributed by atoms with Gasteiger partial charge in [-0.05, 0) is 53.0 Å². The number of rotatable bonds is 7. The topological polar surface area (TPSA) is 29.5 Å². The first-order valence-corrected chi connectivity index (χ1v) is 8.47. The third-order valence-electron chi connectivity index (χ3n) is 3.88. The van der Waals surface area contributed by atoms with Gasteiger partial charge in [0.25, 0.3) is 0 Å². The van der Waals surface area contributed by atoms with Gasteiger partial charge >= 0.3 is 5.97 Å². The van der Waals surface area contributed by atoms with Crippen molar-refractivity contribution in [2.24, 2.45) is 5.92 Å². The quantitative estimate of drug-likeness (QED) is 0.401. The van der Waals surface area contributed by atoms with Gasteiger partial charge in [-0.25, -0.2) is 0 Å². The van der Waals surface area contributed by atoms with Gasteiger partial charge in [-0.2, -0.15) is 0 Å². The summed E-state index contributed by atoms with van der Waals surface area (Å²) in [6, 6.07) is -0.0629. The Kier molecular flexibility index (Phi) is 7.44. The molecule has 0 aliphatic carbocycles. The van der Waals surface area contributed by atoms with E-state index < -0.39 is 5.60 Å². The molecule has 1 rings (SSSR count). The molecule has 1 aliphatic rings. The fourth-order valence-corrected chi connectivity index (χ4v) is 2.95. The van der Waals surface area contributed by atoms with Crippen LogP contribution >= 0.6 is 0 Å². The summed E-state index contributed by atoms with van der Waals surface area (Å²) < 4.78 is 5.60. The lowest BCUT2D eigenvalue weighted by molar-refractivity contribution is -0.160. The molecule has 1 aliphatic heterocycles. The number of likely N-dealkylation sites (tertiary alicyclic amines) is 1. The maximum absolute atomic E-state index is 12.4. The summed E-state index contributed by atoms with van der Waals surface area (Å²) in [5, 5.41) is 0. The molecule has 0 aromatic rings. The molecule has 0 radical (unpaired) electrons. The van der Waals surface area contributed by atoms with Crippen molar-refractivity contribution in [3.63, 3.8) is 0 Å². The number of allylic oxidation sites excluding steroid dienone is 1. The van der Waals surface area contributed by atoms with Crippen molar-refractivity contribution in [1.82, 2.24) is 4.90 Å². The summed E-state index contributed by atoms with van der Waals surface area (Å²) in [5.74, 6) is 0.434. The van der Waals surface area contributed by atoms with Gasteiger partial charge in [0.2, 0.25) is 0 Å². The molecule has 0 bridgehead atoms. The van der Waals surface area contributed by atoms with Gasteiger partial charge in [0.1, 0.15) is 11.6 Å². The number of carbonyl (C=O) groups is 1. The first-order chi connectivity index (χ1) is 9.87. The zero-order chi connectivity index (χ0) is 15.9. The summed E-state index contributed by atoms with van der Waals surface area (Å²) in [5.41, 5.74) is -0.399. The second kappa shape index (κ2) is 8.57. The van der Waals surface area contributed by atoms with E-state index in [-0.39, 0.29) is 12.0 Å². The second-order valence-corrected chi connectivity index (χ2v) is 7.13. The number of nitrogens with zero attached hydrogens (tertiary/aromatic N) is 1. The van der Waals surface area contributed by atoms with Crippen molar-refractivity contribution in [3.8, 4) is 0 Å². The monoisotopic (exact) mass is 295 g/mol. The van der Waals surface area contributed by atoms with Crippen molar-refractivity contribution < 1.29 is 9.53 Å². The largest absolute Gasteiger partial charge is 0.459 e. The second-order valence-electron chi connectivity index (χ2n) is 7.13. The number of ether oxygens (including phenoxy) is 1. The Hall–Kier alpha value is -0.830. The molecule has 122 valence electrons. The van der Waals surface area contributed by atoms with Crippen LogP contribution in [-0.2, 0) is 9.53 Å². The molecule has 3 heteroatoms. The van der Waals surface area contributed by atoms with Crippen LogP contribution < -0.4 is 0 Å². The molecule has 0 aromatic heterocycles. The molecule has 2 atom stereocenters. The van der Waals surface area contributed by atoms with Crippen LogP contribution in [0.5, 0.6) is 0 Å². The molecule has 2 unspecified atom stereocenters. The van der Waals surface area contributed by atoms with E-state index >= 15 is 0 Å². The first-order valence-electron chi connectivity index (χ1n) is 8.47. The number of esters is 1. The lowest BCUT2D eigenvalue weighted by atomic mass is 10.1. The average Bonchev–Trinajstić information content (AvgIpc) is 2.76. The van der Waals surface area contributed by atoms with Gasteiger partial charge < -0.3 is 4.74 Å². The molecule has 0 spiro atoms. The van der Waals surface area contributed by atoms with E-state index in [1.807, 2.05) is 27.7 Å². The highest BCUT2D eigenvalue weighted by atomic mass is 16.6. The molecule has 0 N–H and O–H groups in total. The zero-order valence-electron chi connectivity index (χ0n) is 14.5. The molecule has 1 saturated heterocycles. The molecule has 0 amide bonds. The van der Waals surface area contributed by atoms with Gasteiger partial charge in [0, 0.05) is 6.54 Å². The van der Waals surface area contributed by atoms with Crippen molar-refractivity contribution in [3.05, 3.63) is 12.2 Å². The maximum Gasteiger partial charge on any atom is 0.323 e. The Morgan fingerprint density at radius 1 is 1.29 bits per heavy atom. The van der Waals surface area contributed by atoms with E-state index in [1.165, 1.54) is 25.7 Å². The smallest absolute Gasteiger partial charge is 0.323 e. The predicted molar refractivity (Wildman–Crippen MR) is 88.3 cm³/mol. The molecule has 3 nitrogen and oxygen atoms in total. The SMILES string of the molecule is C/C=C\C1CC(C(=O)OC(C)(C)C)N(CCCCCC)C1. The normalized spacial score (nSPS) is 23.9. The van der Waals surface area contributed by atoms with Gasteiger partial charge in [0.15, 0.2) is 0 Å². The first kappa shape index (κ1) is 18.2. The molecule has 21 heavy (non-hydrogen) atoms. The van der Waals surface area contributed by atoms with Crippen LogP contribution in [0.4, 0.5) is 0 Å². The van der Waals surface area contributed by atoms with Gasteiger partial charge in [-0.15, -0.1) is 0 Å². The Balaban J connectivity index is 2.60. The number of carbonyl (C=O) groups excluding carboxylic acids is 1. The van der Waals surface area contributed by atoms with Crippen molar-refractivity contribution >= 4 is 5.97 Å². The van der Waals surface area contributed by atoms with E-state index in [0.29, 0.717) is 5.92 Å². The highest BCUT2D eigenvalue weighted by molar-refractivity contribution is 5.76. The van der Waals surface area contributed by atoms with Crippen LogP contribution in [0, 0.1) is 5.92 Å². The van der Waals surface area contributed by atoms with Crippen LogP contribution in [0.2, 0.25) is 0 Å². The molecule has 0 aromatic carbocycles. The fraction of sp³-hybridized carbons (Fsp3) is 0.833. The van der Waals surface area contributed by atoms with Crippen molar-refractivity contribution in [2.45, 2.75) is 78.4 Å². The average molecular weight is 295 g/mol. The van der Waals surface area contributed by atoms with Crippen LogP contribution in [0.1, 0.15) is 66.7 Å². The van der Waals surface area contributed by atoms with Gasteiger partial charge in [0.05, 0.1) is 0 Å². The number of hydrogen-bond donors (Lipinski definition) is 0. The number of unbranched alkanes of at least 4 members (excludes halogenated alkanes) is 3. The third kappa shape index (κ3) is 6.64. The minimum Gasteiger partial charge on any atom is -0.459 e. The summed E-state index contributed by atoms with van der Waals surface area (Å²) in [4.78, 5) is 14.7. The van der Waals surface area contributed by atoms with Gasteiger partial charge in [-0.1, -0.05) is 38.3 Å². The van der Waals surface area contributed by atoms with E-state index in [0.717, 1.165) is 19.5 Å². The Morgan fingerprint density at radius 2 is 2.00 bits per heavy atom. The highest BCUT2D eigenvalue weighted by Gasteiger charge is 2.37. The van der Waals surface area contributed by atoms with Crippen molar-refractivity contribution in [2.75, 3.05) is 13.1 Å². The van der Waals surface area contributed by atoms with Crippen LogP contribution in [0.3, 0.4) is 0 Å². The minimum atomic E-state index is -0.399. The summed E-state index contributed by atoms with van der Waals surface area (Å²) in [6.07, 6.45) is 10.2. The highest BCUT2D eigenvalue weighted by Crippen LogP contribution is 2.27. The third-order valence-corrected chi connectivity index (χ3v) is 3.88. The predicted octanol–water partition coefficient (Wildman–Crippen LogP) is 4.18. The van der Waals surface area contributed by atoms with E-state index in [9.17, 15) is 4.79 Å². The van der Waals surface area contributed by atoms with E-state index in [2.05, 4.69) is 24.0 Å². The lowest BCUT2D eigenvalue weighted by Crippen LogP contribution is -2.40. The Labute approximate surface area is 130 Å². The maximum atomic E-state index is 12.4. The Morgan fingerprint density at radius 3 is 2.57 bits per heavy atom. The molecule has 0 saturated carbocycles. The zero-order valence-corrected chi connectivity index (χ0v) is 14.5. The Bertz CT molecular complexity index is 344. The molecule has 1 fully saturated rings. The minimum absolute atomic E-state index is 0.0509. The fourth-order valence-electron chi connectivity index (χ4n) is 2.95. The molecule has 1 heterocycles. The standard InChI is InChI=1S/C18H33NO2/c1-6-8-9-10-12-19-14-15(11-7-2)13-16(19)17(20)21-18(3,4)5/h7,11,15-16H,6,8-10,12-14H2,1-5H3/b11-7-. The summed E-state index contributed by atoms with van der Waals surface area (Å²) in [6.45, 7) is 12.1. The van der Waals surface area contributed by atoms with Gasteiger partial charge in [-0.3, -0.25) is 9.69 Å². The lowest BCUT2D eigenvalue weighted by Gasteiger charge is -2.27. The molecular formula is C18H33NO2. The number of hydrogen-bond acceptors (Lipinski definition) is 3.